The van der Waals surface area contributed by atoms with Crippen molar-refractivity contribution >= 4 is 22.6 Å². The number of rotatable bonds is 0. The Bertz CT molecular complexity index is 520. The van der Waals surface area contributed by atoms with Crippen LogP contribution in [0.15, 0.2) is 29.8 Å². The molecule has 102 valence electrons. The average molecular weight is 320 g/mol. The molecule has 1 heterocycles. The van der Waals surface area contributed by atoms with Crippen molar-refractivity contribution in [1.29, 1.82) is 0 Å². The third-order valence-electron chi connectivity index (χ3n) is 5.24. The van der Waals surface area contributed by atoms with Crippen molar-refractivity contribution in [3.05, 3.63) is 41.0 Å². The van der Waals surface area contributed by atoms with E-state index in [1.165, 1.54) is 38.6 Å². The van der Waals surface area contributed by atoms with Crippen LogP contribution < -0.4 is 0 Å². The Morgan fingerprint density at radius 1 is 1.11 bits per heavy atom. The topological polar surface area (TPSA) is 3.24 Å². The van der Waals surface area contributed by atoms with Crippen LogP contribution in [0.5, 0.6) is 0 Å². The fourth-order valence-electron chi connectivity index (χ4n) is 4.46. The maximum absolute atomic E-state index is 2.62. The molecule has 1 aromatic carbocycles. The molecule has 0 amide bonds. The first kappa shape index (κ1) is 13.4. The molecule has 0 aromatic heterocycles. The minimum absolute atomic E-state index is 0. The Balaban J connectivity index is 0.00000110. The Hall–Kier alpha value is -0.600. The van der Waals surface area contributed by atoms with Gasteiger partial charge in [-0.3, -0.25) is 4.90 Å². The van der Waals surface area contributed by atoms with Crippen molar-refractivity contribution in [3.63, 3.8) is 0 Å². The second kappa shape index (κ2) is 5.06. The molecule has 2 aliphatic carbocycles. The standard InChI is InChI=1S/C17H21N.BrH/c1-18-11-13-10-9-12-5-2-3-6-14(12)17(13)15-7-4-8-16(15)18;/h2-3,5-6,15-16H,4,7-11H2,1H3;1H. The number of halogens is 1. The lowest BCUT2D eigenvalue weighted by atomic mass is 9.75. The summed E-state index contributed by atoms with van der Waals surface area (Å²) in [5, 5.41) is 0. The van der Waals surface area contributed by atoms with E-state index < -0.39 is 0 Å². The van der Waals surface area contributed by atoms with Crippen molar-refractivity contribution in [2.75, 3.05) is 13.6 Å². The Morgan fingerprint density at radius 2 is 1.95 bits per heavy atom. The lowest BCUT2D eigenvalue weighted by Crippen LogP contribution is -2.41. The number of hydrogen-bond donors (Lipinski definition) is 0. The first-order valence-corrected chi connectivity index (χ1v) is 7.35. The third-order valence-corrected chi connectivity index (χ3v) is 5.24. The van der Waals surface area contributed by atoms with E-state index in [-0.39, 0.29) is 17.0 Å². The summed E-state index contributed by atoms with van der Waals surface area (Å²) in [6.45, 7) is 1.21. The number of fused-ring (bicyclic) bond motifs is 4. The van der Waals surface area contributed by atoms with Gasteiger partial charge in [0.05, 0.1) is 0 Å². The van der Waals surface area contributed by atoms with Crippen LogP contribution in [0.1, 0.15) is 36.8 Å². The molecule has 1 saturated carbocycles. The molecule has 1 nitrogen and oxygen atoms in total. The lowest BCUT2D eigenvalue weighted by molar-refractivity contribution is 0.222. The highest BCUT2D eigenvalue weighted by atomic mass is 79.9. The second-order valence-electron chi connectivity index (χ2n) is 6.19. The molecule has 3 aliphatic rings. The molecule has 0 radical (unpaired) electrons. The Morgan fingerprint density at radius 3 is 2.84 bits per heavy atom. The third kappa shape index (κ3) is 2.00. The molecule has 2 unspecified atom stereocenters. The summed E-state index contributed by atoms with van der Waals surface area (Å²) in [6.07, 6.45) is 6.76. The van der Waals surface area contributed by atoms with E-state index in [2.05, 4.69) is 36.2 Å². The fourth-order valence-corrected chi connectivity index (χ4v) is 4.46. The Kier molecular flexibility index (Phi) is 3.57. The van der Waals surface area contributed by atoms with Crippen LogP contribution in [-0.4, -0.2) is 24.5 Å². The summed E-state index contributed by atoms with van der Waals surface area (Å²) in [6, 6.07) is 9.93. The zero-order valence-electron chi connectivity index (χ0n) is 11.6. The Labute approximate surface area is 126 Å². The maximum Gasteiger partial charge on any atom is 0.0199 e. The highest BCUT2D eigenvalue weighted by molar-refractivity contribution is 8.93. The molecule has 0 saturated heterocycles. The fraction of sp³-hybridized carbons (Fsp3) is 0.529. The van der Waals surface area contributed by atoms with Gasteiger partial charge in [0, 0.05) is 18.5 Å². The van der Waals surface area contributed by atoms with Gasteiger partial charge in [-0.05, 0) is 49.4 Å². The highest BCUT2D eigenvalue weighted by Gasteiger charge is 2.39. The van der Waals surface area contributed by atoms with Crippen LogP contribution in [0, 0.1) is 5.92 Å². The molecule has 2 atom stereocenters. The minimum atomic E-state index is 0. The predicted octanol–water partition coefficient (Wildman–Crippen LogP) is 4.08. The van der Waals surface area contributed by atoms with Gasteiger partial charge in [-0.15, -0.1) is 17.0 Å². The second-order valence-corrected chi connectivity index (χ2v) is 6.19. The van der Waals surface area contributed by atoms with Crippen LogP contribution >= 0.6 is 17.0 Å². The summed E-state index contributed by atoms with van der Waals surface area (Å²) in [7, 11) is 2.33. The SMILES string of the molecule is Br.CN1CC2=C(c3ccccc3CC2)C2CCCC21. The van der Waals surface area contributed by atoms with Crippen molar-refractivity contribution < 1.29 is 0 Å². The summed E-state index contributed by atoms with van der Waals surface area (Å²) < 4.78 is 0. The molecular formula is C17H22BrN. The van der Waals surface area contributed by atoms with E-state index in [1.807, 2.05) is 0 Å². The molecule has 1 fully saturated rings. The molecule has 19 heavy (non-hydrogen) atoms. The summed E-state index contributed by atoms with van der Waals surface area (Å²) in [5.74, 6) is 0.820. The molecule has 1 aromatic rings. The van der Waals surface area contributed by atoms with Crippen LogP contribution in [0.2, 0.25) is 0 Å². The van der Waals surface area contributed by atoms with Gasteiger partial charge in [-0.1, -0.05) is 36.3 Å². The first-order chi connectivity index (χ1) is 8.84. The first-order valence-electron chi connectivity index (χ1n) is 7.35. The van der Waals surface area contributed by atoms with E-state index in [1.54, 1.807) is 22.3 Å². The molecule has 0 N–H and O–H groups in total. The zero-order valence-corrected chi connectivity index (χ0v) is 13.3. The van der Waals surface area contributed by atoms with E-state index in [9.17, 15) is 0 Å². The van der Waals surface area contributed by atoms with Crippen LogP contribution in [0.4, 0.5) is 0 Å². The number of hydrogen-bond acceptors (Lipinski definition) is 1. The molecule has 1 aliphatic heterocycles. The van der Waals surface area contributed by atoms with Gasteiger partial charge in [-0.25, -0.2) is 0 Å². The lowest BCUT2D eigenvalue weighted by Gasteiger charge is -2.41. The normalized spacial score (nSPS) is 29.3. The summed E-state index contributed by atoms with van der Waals surface area (Å²) in [4.78, 5) is 2.62. The van der Waals surface area contributed by atoms with E-state index in [0.717, 1.165) is 12.0 Å². The van der Waals surface area contributed by atoms with Crippen molar-refractivity contribution in [2.24, 2.45) is 5.92 Å². The number of benzene rings is 1. The smallest absolute Gasteiger partial charge is 0.0199 e. The van der Waals surface area contributed by atoms with Gasteiger partial charge >= 0.3 is 0 Å². The monoisotopic (exact) mass is 319 g/mol. The van der Waals surface area contributed by atoms with Crippen LogP contribution in [0.3, 0.4) is 0 Å². The van der Waals surface area contributed by atoms with Gasteiger partial charge in [-0.2, -0.15) is 0 Å². The summed E-state index contributed by atoms with van der Waals surface area (Å²) in [5.41, 5.74) is 6.66. The van der Waals surface area contributed by atoms with Crippen molar-refractivity contribution in [1.82, 2.24) is 4.90 Å². The number of aryl methyl sites for hydroxylation is 1. The van der Waals surface area contributed by atoms with Gasteiger partial charge in [0.2, 0.25) is 0 Å². The van der Waals surface area contributed by atoms with E-state index in [4.69, 9.17) is 0 Å². The molecule has 2 heteroatoms. The van der Waals surface area contributed by atoms with Crippen LogP contribution in [0.25, 0.3) is 5.57 Å². The van der Waals surface area contributed by atoms with Gasteiger partial charge in [0.25, 0.3) is 0 Å². The van der Waals surface area contributed by atoms with Crippen LogP contribution in [-0.2, 0) is 6.42 Å². The van der Waals surface area contributed by atoms with Crippen molar-refractivity contribution in [3.8, 4) is 0 Å². The average Bonchev–Trinajstić information content (AvgIpc) is 2.88. The maximum atomic E-state index is 2.62. The highest BCUT2D eigenvalue weighted by Crippen LogP contribution is 2.47. The largest absolute Gasteiger partial charge is 0.299 e. The summed E-state index contributed by atoms with van der Waals surface area (Å²) >= 11 is 0. The molecule has 0 spiro atoms. The quantitative estimate of drug-likeness (QED) is 0.696. The van der Waals surface area contributed by atoms with E-state index in [0.29, 0.717) is 0 Å². The number of nitrogens with zero attached hydrogens (tertiary/aromatic N) is 1. The van der Waals surface area contributed by atoms with Crippen molar-refractivity contribution in [2.45, 2.75) is 38.1 Å². The van der Waals surface area contributed by atoms with Gasteiger partial charge in [0.1, 0.15) is 0 Å². The van der Waals surface area contributed by atoms with E-state index >= 15 is 0 Å². The van der Waals surface area contributed by atoms with Gasteiger partial charge in [0.15, 0.2) is 0 Å². The zero-order chi connectivity index (χ0) is 12.1. The molecular weight excluding hydrogens is 298 g/mol. The van der Waals surface area contributed by atoms with Gasteiger partial charge < -0.3 is 0 Å². The molecule has 0 bridgehead atoms. The molecule has 4 rings (SSSR count). The number of likely N-dealkylation sites (N-methyl/N-ethyl adjacent to an activating group) is 1. The minimum Gasteiger partial charge on any atom is -0.299 e. The predicted molar refractivity (Wildman–Crippen MR) is 85.8 cm³/mol.